The van der Waals surface area contributed by atoms with Gasteiger partial charge in [0.15, 0.2) is 0 Å². The molecule has 0 saturated heterocycles. The van der Waals surface area contributed by atoms with Gasteiger partial charge < -0.3 is 10.6 Å². The molecule has 0 aliphatic carbocycles. The first kappa shape index (κ1) is 14.4. The van der Waals surface area contributed by atoms with Gasteiger partial charge in [0.05, 0.1) is 6.54 Å². The van der Waals surface area contributed by atoms with Gasteiger partial charge in [-0.25, -0.2) is 4.39 Å². The van der Waals surface area contributed by atoms with Crippen LogP contribution in [0.3, 0.4) is 0 Å². The van der Waals surface area contributed by atoms with Crippen LogP contribution in [0.4, 0.5) is 10.1 Å². The molecular formula is C13H20FN3O. The highest BCUT2D eigenvalue weighted by molar-refractivity contribution is 5.77. The van der Waals surface area contributed by atoms with Gasteiger partial charge in [-0.1, -0.05) is 6.92 Å². The van der Waals surface area contributed by atoms with E-state index in [1.165, 1.54) is 17.0 Å². The zero-order valence-electron chi connectivity index (χ0n) is 11.1. The van der Waals surface area contributed by atoms with Crippen LogP contribution < -0.4 is 5.73 Å². The number of rotatable bonds is 5. The normalized spacial score (nSPS) is 10.7. The molecule has 2 N–H and O–H groups in total. The number of hydrogen-bond acceptors (Lipinski definition) is 3. The van der Waals surface area contributed by atoms with Crippen molar-refractivity contribution in [3.63, 3.8) is 0 Å². The van der Waals surface area contributed by atoms with Gasteiger partial charge in [0, 0.05) is 26.3 Å². The smallest absolute Gasteiger partial charge is 0.236 e. The lowest BCUT2D eigenvalue weighted by Crippen LogP contribution is -2.36. The van der Waals surface area contributed by atoms with Crippen molar-refractivity contribution in [2.75, 3.05) is 32.9 Å². The van der Waals surface area contributed by atoms with E-state index in [9.17, 15) is 9.18 Å². The van der Waals surface area contributed by atoms with Crippen molar-refractivity contribution < 1.29 is 9.18 Å². The molecule has 4 nitrogen and oxygen atoms in total. The summed E-state index contributed by atoms with van der Waals surface area (Å²) in [5.74, 6) is -0.291. The molecule has 0 bridgehead atoms. The molecule has 0 radical (unpaired) electrons. The Labute approximate surface area is 107 Å². The summed E-state index contributed by atoms with van der Waals surface area (Å²) in [4.78, 5) is 15.1. The Balaban J connectivity index is 2.73. The fourth-order valence-corrected chi connectivity index (χ4v) is 1.56. The first-order valence-corrected chi connectivity index (χ1v) is 5.90. The summed E-state index contributed by atoms with van der Waals surface area (Å²) in [7, 11) is 3.43. The highest BCUT2D eigenvalue weighted by Crippen LogP contribution is 2.15. The minimum Gasteiger partial charge on any atom is -0.398 e. The van der Waals surface area contributed by atoms with E-state index in [1.807, 2.05) is 11.8 Å². The number of nitrogens with zero attached hydrogens (tertiary/aromatic N) is 2. The fraction of sp³-hybridized carbons (Fsp3) is 0.462. The lowest BCUT2D eigenvalue weighted by Gasteiger charge is -2.22. The number of carbonyl (C=O) groups is 1. The minimum absolute atomic E-state index is 0.0202. The molecule has 1 aromatic carbocycles. The molecule has 0 saturated carbocycles. The molecule has 100 valence electrons. The van der Waals surface area contributed by atoms with Crippen LogP contribution in [0, 0.1) is 5.82 Å². The Kier molecular flexibility index (Phi) is 5.09. The molecule has 1 rings (SSSR count). The molecule has 1 aromatic rings. The molecule has 0 fully saturated rings. The molecule has 0 heterocycles. The zero-order chi connectivity index (χ0) is 13.7. The minimum atomic E-state index is -0.311. The lowest BCUT2D eigenvalue weighted by atomic mass is 10.1. The molecule has 18 heavy (non-hydrogen) atoms. The largest absolute Gasteiger partial charge is 0.398 e. The predicted molar refractivity (Wildman–Crippen MR) is 70.5 cm³/mol. The van der Waals surface area contributed by atoms with Gasteiger partial charge in [-0.05, 0) is 30.3 Å². The van der Waals surface area contributed by atoms with Crippen LogP contribution in [0.15, 0.2) is 18.2 Å². The average Bonchev–Trinajstić information content (AvgIpc) is 2.32. The van der Waals surface area contributed by atoms with Crippen molar-refractivity contribution in [3.05, 3.63) is 29.6 Å². The number of anilines is 1. The molecule has 0 aromatic heterocycles. The van der Waals surface area contributed by atoms with Crippen LogP contribution in [-0.2, 0) is 11.3 Å². The molecule has 5 heteroatoms. The second kappa shape index (κ2) is 6.35. The second-order valence-electron chi connectivity index (χ2n) is 4.43. The Morgan fingerprint density at radius 1 is 1.39 bits per heavy atom. The highest BCUT2D eigenvalue weighted by atomic mass is 19.1. The number of hydrogen-bond donors (Lipinski definition) is 1. The first-order valence-electron chi connectivity index (χ1n) is 5.90. The van der Waals surface area contributed by atoms with Gasteiger partial charge in [-0.15, -0.1) is 0 Å². The van der Waals surface area contributed by atoms with Gasteiger partial charge >= 0.3 is 0 Å². The summed E-state index contributed by atoms with van der Waals surface area (Å²) < 4.78 is 13.1. The summed E-state index contributed by atoms with van der Waals surface area (Å²) in [6.45, 7) is 3.44. The van der Waals surface area contributed by atoms with Crippen molar-refractivity contribution in [2.45, 2.75) is 13.5 Å². The van der Waals surface area contributed by atoms with Gasteiger partial charge in [-0.3, -0.25) is 9.69 Å². The van der Waals surface area contributed by atoms with Crippen LogP contribution >= 0.6 is 0 Å². The maximum absolute atomic E-state index is 13.1. The lowest BCUT2D eigenvalue weighted by molar-refractivity contribution is -0.130. The van der Waals surface area contributed by atoms with Crippen LogP contribution in [-0.4, -0.2) is 42.9 Å². The van der Waals surface area contributed by atoms with Crippen molar-refractivity contribution in [3.8, 4) is 0 Å². The summed E-state index contributed by atoms with van der Waals surface area (Å²) in [5.41, 5.74) is 7.05. The first-order chi connectivity index (χ1) is 8.43. The Morgan fingerprint density at radius 2 is 2.06 bits per heavy atom. The van der Waals surface area contributed by atoms with Gasteiger partial charge in [0.2, 0.25) is 5.91 Å². The van der Waals surface area contributed by atoms with Crippen LogP contribution in [0.2, 0.25) is 0 Å². The third kappa shape index (κ3) is 4.00. The van der Waals surface area contributed by atoms with E-state index in [-0.39, 0.29) is 11.7 Å². The van der Waals surface area contributed by atoms with Crippen molar-refractivity contribution in [2.24, 2.45) is 0 Å². The Bertz CT molecular complexity index is 421. The molecule has 0 unspecified atom stereocenters. The molecule has 0 atom stereocenters. The number of halogens is 1. The quantitative estimate of drug-likeness (QED) is 0.805. The standard InChI is InChI=1S/C13H20FN3O/c1-4-17(9-13(18)16(2)3)8-10-7-11(14)5-6-12(10)15/h5-7H,4,8-9,15H2,1-3H3. The van der Waals surface area contributed by atoms with Gasteiger partial charge in [0.25, 0.3) is 0 Å². The maximum Gasteiger partial charge on any atom is 0.236 e. The third-order valence-electron chi connectivity index (χ3n) is 2.80. The highest BCUT2D eigenvalue weighted by Gasteiger charge is 2.12. The van der Waals surface area contributed by atoms with E-state index in [0.717, 1.165) is 0 Å². The average molecular weight is 253 g/mol. The molecule has 0 aliphatic rings. The van der Waals surface area contributed by atoms with Crippen LogP contribution in [0.1, 0.15) is 12.5 Å². The SMILES string of the molecule is CCN(CC(=O)N(C)C)Cc1cc(F)ccc1N. The number of carbonyl (C=O) groups excluding carboxylic acids is 1. The van der Waals surface area contributed by atoms with E-state index >= 15 is 0 Å². The molecule has 1 amide bonds. The predicted octanol–water partition coefficient (Wildman–Crippen LogP) is 1.32. The monoisotopic (exact) mass is 253 g/mol. The number of amides is 1. The number of nitrogen functional groups attached to an aromatic ring is 1. The van der Waals surface area contributed by atoms with Gasteiger partial charge in [0.1, 0.15) is 5.82 Å². The van der Waals surface area contributed by atoms with E-state index in [4.69, 9.17) is 5.73 Å². The summed E-state index contributed by atoms with van der Waals surface area (Å²) >= 11 is 0. The van der Waals surface area contributed by atoms with Crippen LogP contribution in [0.25, 0.3) is 0 Å². The van der Waals surface area contributed by atoms with E-state index in [2.05, 4.69) is 0 Å². The summed E-state index contributed by atoms with van der Waals surface area (Å²) in [6.07, 6.45) is 0. The number of benzene rings is 1. The van der Waals surface area contributed by atoms with Gasteiger partial charge in [-0.2, -0.15) is 0 Å². The topological polar surface area (TPSA) is 49.6 Å². The van der Waals surface area contributed by atoms with E-state index in [1.54, 1.807) is 20.2 Å². The van der Waals surface area contributed by atoms with E-state index in [0.29, 0.717) is 30.9 Å². The molecule has 0 aliphatic heterocycles. The van der Waals surface area contributed by atoms with Crippen molar-refractivity contribution in [1.29, 1.82) is 0 Å². The summed E-state index contributed by atoms with van der Waals surface area (Å²) in [6, 6.07) is 4.30. The second-order valence-corrected chi connectivity index (χ2v) is 4.43. The zero-order valence-corrected chi connectivity index (χ0v) is 11.1. The van der Waals surface area contributed by atoms with E-state index < -0.39 is 0 Å². The molecular weight excluding hydrogens is 233 g/mol. The Hall–Kier alpha value is -1.62. The summed E-state index contributed by atoms with van der Waals surface area (Å²) in [5, 5.41) is 0. The van der Waals surface area contributed by atoms with Crippen LogP contribution in [0.5, 0.6) is 0 Å². The van der Waals surface area contributed by atoms with Crippen molar-refractivity contribution in [1.82, 2.24) is 9.80 Å². The number of nitrogens with two attached hydrogens (primary N) is 1. The Morgan fingerprint density at radius 3 is 2.61 bits per heavy atom. The number of likely N-dealkylation sites (N-methyl/N-ethyl adjacent to an activating group) is 2. The van der Waals surface area contributed by atoms with Crippen molar-refractivity contribution >= 4 is 11.6 Å². The fourth-order valence-electron chi connectivity index (χ4n) is 1.56. The third-order valence-corrected chi connectivity index (χ3v) is 2.80. The maximum atomic E-state index is 13.1. The molecule has 0 spiro atoms.